The molecule has 1 saturated heterocycles. The molecule has 1 aromatic rings. The van der Waals surface area contributed by atoms with Gasteiger partial charge in [0, 0.05) is 37.5 Å². The van der Waals surface area contributed by atoms with Crippen LogP contribution in [0.2, 0.25) is 0 Å². The molecule has 0 N–H and O–H groups in total. The molecule has 0 aromatic heterocycles. The highest BCUT2D eigenvalue weighted by atomic mass is 16.5. The highest BCUT2D eigenvalue weighted by molar-refractivity contribution is 5.79. The van der Waals surface area contributed by atoms with Crippen molar-refractivity contribution in [3.05, 3.63) is 29.3 Å². The maximum absolute atomic E-state index is 13.0. The van der Waals surface area contributed by atoms with Crippen LogP contribution in [0.5, 0.6) is 5.75 Å². The lowest BCUT2D eigenvalue weighted by molar-refractivity contribution is -0.137. The van der Waals surface area contributed by atoms with E-state index >= 15 is 0 Å². The van der Waals surface area contributed by atoms with Crippen LogP contribution in [0.3, 0.4) is 0 Å². The summed E-state index contributed by atoms with van der Waals surface area (Å²) in [6.45, 7) is 4.44. The molecule has 4 rings (SSSR count). The second-order valence-corrected chi connectivity index (χ2v) is 8.38. The largest absolute Gasteiger partial charge is 0.491 e. The smallest absolute Gasteiger partial charge is 0.226 e. The molecule has 2 amide bonds. The lowest BCUT2D eigenvalue weighted by Crippen LogP contribution is -2.40. The topological polar surface area (TPSA) is 59.1 Å². The predicted molar refractivity (Wildman–Crippen MR) is 110 cm³/mol. The van der Waals surface area contributed by atoms with Crippen LogP contribution in [0.15, 0.2) is 18.2 Å². The summed E-state index contributed by atoms with van der Waals surface area (Å²) in [6, 6.07) is 6.16. The second-order valence-electron chi connectivity index (χ2n) is 8.38. The van der Waals surface area contributed by atoms with Gasteiger partial charge in [0.05, 0.1) is 19.8 Å². The van der Waals surface area contributed by atoms with Crippen molar-refractivity contribution in [1.29, 1.82) is 0 Å². The molecule has 0 bridgehead atoms. The Morgan fingerprint density at radius 1 is 0.966 bits per heavy atom. The molecule has 0 atom stereocenters. The minimum absolute atomic E-state index is 0.180. The Hall–Kier alpha value is -2.08. The van der Waals surface area contributed by atoms with Gasteiger partial charge in [0.15, 0.2) is 0 Å². The number of amides is 2. The van der Waals surface area contributed by atoms with Crippen molar-refractivity contribution in [1.82, 2.24) is 9.80 Å². The van der Waals surface area contributed by atoms with E-state index in [4.69, 9.17) is 9.47 Å². The van der Waals surface area contributed by atoms with E-state index in [1.54, 1.807) is 0 Å². The Morgan fingerprint density at radius 2 is 1.72 bits per heavy atom. The number of hydrogen-bond donors (Lipinski definition) is 0. The molecule has 0 unspecified atom stereocenters. The van der Waals surface area contributed by atoms with Gasteiger partial charge in [0.2, 0.25) is 11.8 Å². The van der Waals surface area contributed by atoms with Gasteiger partial charge in [-0.2, -0.15) is 0 Å². The Morgan fingerprint density at radius 3 is 2.52 bits per heavy atom. The zero-order chi connectivity index (χ0) is 20.1. The van der Waals surface area contributed by atoms with Crippen molar-refractivity contribution in [2.75, 3.05) is 39.5 Å². The van der Waals surface area contributed by atoms with Gasteiger partial charge in [0.1, 0.15) is 12.4 Å². The lowest BCUT2D eigenvalue weighted by atomic mass is 9.88. The van der Waals surface area contributed by atoms with Crippen LogP contribution in [0.4, 0.5) is 0 Å². The molecule has 2 aliphatic heterocycles. The van der Waals surface area contributed by atoms with Crippen LogP contribution in [0, 0.1) is 5.92 Å². The van der Waals surface area contributed by atoms with Crippen molar-refractivity contribution in [2.24, 2.45) is 5.92 Å². The van der Waals surface area contributed by atoms with Crippen LogP contribution in [0.1, 0.15) is 49.7 Å². The summed E-state index contributed by atoms with van der Waals surface area (Å²) in [5.74, 6) is 1.52. The number of ether oxygens (including phenoxy) is 2. The molecule has 1 saturated carbocycles. The summed E-state index contributed by atoms with van der Waals surface area (Å²) < 4.78 is 11.2. The van der Waals surface area contributed by atoms with Crippen LogP contribution >= 0.6 is 0 Å². The van der Waals surface area contributed by atoms with Crippen LogP contribution in [-0.2, 0) is 27.3 Å². The van der Waals surface area contributed by atoms with Crippen LogP contribution in [0.25, 0.3) is 0 Å². The SMILES string of the molecule is O=C(CCc1ccc2c(c1)CN(C(=O)C1CCCCC1)CCO2)N1CCOCC1. The van der Waals surface area contributed by atoms with Crippen LogP contribution < -0.4 is 4.74 Å². The van der Waals surface area contributed by atoms with Crippen molar-refractivity contribution >= 4 is 11.8 Å². The molecule has 0 radical (unpaired) electrons. The van der Waals surface area contributed by atoms with Gasteiger partial charge in [-0.05, 0) is 30.9 Å². The highest BCUT2D eigenvalue weighted by Crippen LogP contribution is 2.29. The van der Waals surface area contributed by atoms with E-state index in [1.165, 1.54) is 19.3 Å². The van der Waals surface area contributed by atoms with Gasteiger partial charge >= 0.3 is 0 Å². The van der Waals surface area contributed by atoms with E-state index in [1.807, 2.05) is 21.9 Å². The number of benzene rings is 1. The lowest BCUT2D eigenvalue weighted by Gasteiger charge is -2.28. The number of rotatable bonds is 4. The molecular weight excluding hydrogens is 368 g/mol. The summed E-state index contributed by atoms with van der Waals surface area (Å²) in [6.07, 6.45) is 6.84. The minimum atomic E-state index is 0.180. The Bertz CT molecular complexity index is 724. The molecule has 0 spiro atoms. The summed E-state index contributed by atoms with van der Waals surface area (Å²) in [5.41, 5.74) is 2.18. The first kappa shape index (κ1) is 20.2. The number of hydrogen-bond acceptors (Lipinski definition) is 4. The van der Waals surface area contributed by atoms with Gasteiger partial charge in [-0.1, -0.05) is 31.4 Å². The molecule has 2 heterocycles. The maximum atomic E-state index is 13.0. The van der Waals surface area contributed by atoms with E-state index in [0.717, 1.165) is 29.7 Å². The molecular formula is C23H32N2O4. The molecule has 6 nitrogen and oxygen atoms in total. The summed E-state index contributed by atoms with van der Waals surface area (Å²) >= 11 is 0. The fourth-order valence-electron chi connectivity index (χ4n) is 4.62. The normalized spacial score (nSPS) is 20.6. The average molecular weight is 401 g/mol. The van der Waals surface area contributed by atoms with E-state index in [0.29, 0.717) is 58.8 Å². The fourth-order valence-corrected chi connectivity index (χ4v) is 4.62. The van der Waals surface area contributed by atoms with Crippen molar-refractivity contribution < 1.29 is 19.1 Å². The number of fused-ring (bicyclic) bond motifs is 1. The minimum Gasteiger partial charge on any atom is -0.491 e. The summed E-state index contributed by atoms with van der Waals surface area (Å²) in [4.78, 5) is 29.3. The number of morpholine rings is 1. The van der Waals surface area contributed by atoms with Gasteiger partial charge < -0.3 is 19.3 Å². The number of carbonyl (C=O) groups is 2. The van der Waals surface area contributed by atoms with Gasteiger partial charge in [-0.15, -0.1) is 0 Å². The van der Waals surface area contributed by atoms with Crippen LogP contribution in [-0.4, -0.2) is 61.1 Å². The first-order valence-corrected chi connectivity index (χ1v) is 11.1. The van der Waals surface area contributed by atoms with Crippen molar-refractivity contribution in [3.8, 4) is 5.75 Å². The summed E-state index contributed by atoms with van der Waals surface area (Å²) in [5, 5.41) is 0. The highest BCUT2D eigenvalue weighted by Gasteiger charge is 2.28. The molecule has 1 aliphatic carbocycles. The average Bonchev–Trinajstić information content (AvgIpc) is 3.00. The van der Waals surface area contributed by atoms with E-state index in [2.05, 4.69) is 6.07 Å². The zero-order valence-electron chi connectivity index (χ0n) is 17.2. The quantitative estimate of drug-likeness (QED) is 0.780. The monoisotopic (exact) mass is 400 g/mol. The van der Waals surface area contributed by atoms with Crippen molar-refractivity contribution in [3.63, 3.8) is 0 Å². The number of carbonyl (C=O) groups excluding carboxylic acids is 2. The molecule has 29 heavy (non-hydrogen) atoms. The maximum Gasteiger partial charge on any atom is 0.226 e. The third-order valence-electron chi connectivity index (χ3n) is 6.36. The van der Waals surface area contributed by atoms with E-state index in [9.17, 15) is 9.59 Å². The Balaban J connectivity index is 1.38. The second kappa shape index (κ2) is 9.61. The standard InChI is InChI=1S/C23H32N2O4/c26-22(24-10-13-28-14-11-24)9-7-18-6-8-21-20(16-18)17-25(12-15-29-21)23(27)19-4-2-1-3-5-19/h6,8,16,19H,1-5,7,9-15,17H2. The predicted octanol–water partition coefficient (Wildman–Crippen LogP) is 2.78. The first-order valence-electron chi connectivity index (χ1n) is 11.1. The summed E-state index contributed by atoms with van der Waals surface area (Å²) in [7, 11) is 0. The number of aryl methyl sites for hydroxylation is 1. The molecule has 1 aromatic carbocycles. The number of nitrogens with zero attached hydrogens (tertiary/aromatic N) is 2. The third-order valence-corrected chi connectivity index (χ3v) is 6.36. The van der Waals surface area contributed by atoms with E-state index < -0.39 is 0 Å². The molecule has 3 aliphatic rings. The Labute approximate surface area is 173 Å². The van der Waals surface area contributed by atoms with Gasteiger partial charge in [0.25, 0.3) is 0 Å². The molecule has 2 fully saturated rings. The fraction of sp³-hybridized carbons (Fsp3) is 0.652. The zero-order valence-corrected chi connectivity index (χ0v) is 17.2. The first-order chi connectivity index (χ1) is 14.2. The van der Waals surface area contributed by atoms with Gasteiger partial charge in [-0.25, -0.2) is 0 Å². The third kappa shape index (κ3) is 5.10. The van der Waals surface area contributed by atoms with Gasteiger partial charge in [-0.3, -0.25) is 9.59 Å². The van der Waals surface area contributed by atoms with E-state index in [-0.39, 0.29) is 17.7 Å². The molecule has 158 valence electrons. The van der Waals surface area contributed by atoms with Crippen molar-refractivity contribution in [2.45, 2.75) is 51.5 Å². The Kier molecular flexibility index (Phi) is 6.70. The molecule has 6 heteroatoms.